The number of nitrogens with zero attached hydrogens (tertiary/aromatic N) is 5. The third kappa shape index (κ3) is 3.98. The Morgan fingerprint density at radius 3 is 2.72 bits per heavy atom. The summed E-state index contributed by atoms with van der Waals surface area (Å²) >= 11 is 0. The molecular formula is C20H23N7O2. The van der Waals surface area contributed by atoms with E-state index >= 15 is 0 Å². The minimum absolute atomic E-state index is 0.176. The number of anilines is 3. The lowest BCUT2D eigenvalue weighted by molar-refractivity contribution is 0.102. The van der Waals surface area contributed by atoms with Gasteiger partial charge in [0.1, 0.15) is 17.4 Å². The van der Waals surface area contributed by atoms with Gasteiger partial charge in [-0.3, -0.25) is 4.79 Å². The summed E-state index contributed by atoms with van der Waals surface area (Å²) in [5.41, 5.74) is 6.25. The zero-order chi connectivity index (χ0) is 20.2. The van der Waals surface area contributed by atoms with Gasteiger partial charge in [-0.25, -0.2) is 9.67 Å². The monoisotopic (exact) mass is 393 g/mol. The van der Waals surface area contributed by atoms with Crippen LogP contribution in [-0.4, -0.2) is 45.9 Å². The molecule has 0 spiro atoms. The number of carbonyl (C=O) groups is 1. The third-order valence-electron chi connectivity index (χ3n) is 5.02. The van der Waals surface area contributed by atoms with Gasteiger partial charge in [0.25, 0.3) is 5.91 Å². The van der Waals surface area contributed by atoms with Crippen LogP contribution in [-0.2, 0) is 0 Å². The minimum atomic E-state index is -0.227. The Bertz CT molecular complexity index is 996. The van der Waals surface area contributed by atoms with E-state index in [0.717, 1.165) is 25.9 Å². The number of hydrogen-bond acceptors (Lipinski definition) is 7. The molecule has 1 aliphatic heterocycles. The molecule has 3 N–H and O–H groups in total. The Morgan fingerprint density at radius 1 is 1.17 bits per heavy atom. The summed E-state index contributed by atoms with van der Waals surface area (Å²) in [6, 6.07) is 10.8. The van der Waals surface area contributed by atoms with E-state index in [0.29, 0.717) is 28.9 Å². The molecular weight excluding hydrogens is 370 g/mol. The first-order valence-electron chi connectivity index (χ1n) is 9.47. The van der Waals surface area contributed by atoms with Crippen molar-refractivity contribution in [2.75, 3.05) is 36.1 Å². The van der Waals surface area contributed by atoms with Gasteiger partial charge in [-0.15, -0.1) is 0 Å². The van der Waals surface area contributed by atoms with Gasteiger partial charge in [0.15, 0.2) is 0 Å². The Hall–Kier alpha value is -3.62. The topological polar surface area (TPSA) is 111 Å². The van der Waals surface area contributed by atoms with Crippen molar-refractivity contribution >= 4 is 23.5 Å². The normalized spacial score (nSPS) is 14.6. The zero-order valence-electron chi connectivity index (χ0n) is 16.2. The molecule has 0 atom stereocenters. The first-order valence-corrected chi connectivity index (χ1v) is 9.47. The van der Waals surface area contributed by atoms with Crippen molar-refractivity contribution in [1.82, 2.24) is 19.7 Å². The molecule has 1 aliphatic rings. The van der Waals surface area contributed by atoms with Crippen LogP contribution >= 0.6 is 0 Å². The molecule has 29 heavy (non-hydrogen) atoms. The predicted molar refractivity (Wildman–Crippen MR) is 110 cm³/mol. The molecule has 1 fully saturated rings. The molecule has 0 radical (unpaired) electrons. The van der Waals surface area contributed by atoms with Gasteiger partial charge in [-0.1, -0.05) is 12.1 Å². The van der Waals surface area contributed by atoms with Gasteiger partial charge >= 0.3 is 0 Å². The number of amides is 1. The third-order valence-corrected chi connectivity index (χ3v) is 5.02. The first-order chi connectivity index (χ1) is 14.2. The maximum Gasteiger partial charge on any atom is 0.260 e. The van der Waals surface area contributed by atoms with Crippen molar-refractivity contribution in [2.45, 2.75) is 18.9 Å². The van der Waals surface area contributed by atoms with E-state index in [1.807, 2.05) is 16.8 Å². The largest absolute Gasteiger partial charge is 0.496 e. The molecule has 0 bridgehead atoms. The number of methoxy groups -OCH3 is 1. The number of carbonyl (C=O) groups excluding carboxylic acids is 1. The van der Waals surface area contributed by atoms with Gasteiger partial charge in [-0.05, 0) is 31.0 Å². The van der Waals surface area contributed by atoms with Gasteiger partial charge in [0.2, 0.25) is 5.95 Å². The second-order valence-corrected chi connectivity index (χ2v) is 6.82. The summed E-state index contributed by atoms with van der Waals surface area (Å²) in [7, 11) is 1.55. The summed E-state index contributed by atoms with van der Waals surface area (Å²) in [5.74, 6) is 2.08. The highest BCUT2D eigenvalue weighted by molar-refractivity contribution is 6.05. The molecule has 0 aliphatic carbocycles. The fourth-order valence-corrected chi connectivity index (χ4v) is 3.54. The van der Waals surface area contributed by atoms with Crippen molar-refractivity contribution in [3.05, 3.63) is 54.4 Å². The van der Waals surface area contributed by atoms with Crippen LogP contribution in [0.1, 0.15) is 29.2 Å². The molecule has 2 aromatic heterocycles. The number of nitrogens with one attached hydrogen (secondary N) is 1. The SMILES string of the molecule is COc1ccccc1C(=O)Nc1ccnn1C1CCN(c2nccc(N)n2)CC1. The molecule has 1 saturated heterocycles. The Morgan fingerprint density at radius 2 is 1.97 bits per heavy atom. The number of benzene rings is 1. The fourth-order valence-electron chi connectivity index (χ4n) is 3.54. The molecule has 9 nitrogen and oxygen atoms in total. The molecule has 9 heteroatoms. The fraction of sp³-hybridized carbons (Fsp3) is 0.300. The van der Waals surface area contributed by atoms with Crippen molar-refractivity contribution in [3.8, 4) is 5.75 Å². The quantitative estimate of drug-likeness (QED) is 0.684. The van der Waals surface area contributed by atoms with E-state index < -0.39 is 0 Å². The lowest BCUT2D eigenvalue weighted by atomic mass is 10.1. The number of ether oxygens (including phenoxy) is 1. The van der Waals surface area contributed by atoms with E-state index in [1.54, 1.807) is 43.8 Å². The Balaban J connectivity index is 1.44. The Kier molecular flexibility index (Phi) is 5.28. The summed E-state index contributed by atoms with van der Waals surface area (Å²) in [6.45, 7) is 1.57. The van der Waals surface area contributed by atoms with Gasteiger partial charge < -0.3 is 20.7 Å². The van der Waals surface area contributed by atoms with Crippen molar-refractivity contribution in [3.63, 3.8) is 0 Å². The Labute approximate surface area is 168 Å². The molecule has 3 heterocycles. The molecule has 4 rings (SSSR count). The van der Waals surface area contributed by atoms with Crippen LogP contribution in [0, 0.1) is 0 Å². The van der Waals surface area contributed by atoms with Crippen molar-refractivity contribution in [2.24, 2.45) is 0 Å². The van der Waals surface area contributed by atoms with Gasteiger partial charge in [0, 0.05) is 25.4 Å². The maximum absolute atomic E-state index is 12.7. The number of hydrogen-bond donors (Lipinski definition) is 2. The van der Waals surface area contributed by atoms with Crippen LogP contribution in [0.5, 0.6) is 5.75 Å². The maximum atomic E-state index is 12.7. The molecule has 0 saturated carbocycles. The number of para-hydroxylation sites is 1. The number of aromatic nitrogens is 4. The average molecular weight is 393 g/mol. The minimum Gasteiger partial charge on any atom is -0.496 e. The van der Waals surface area contributed by atoms with Crippen LogP contribution in [0.3, 0.4) is 0 Å². The number of piperidine rings is 1. The zero-order valence-corrected chi connectivity index (χ0v) is 16.2. The summed E-state index contributed by atoms with van der Waals surface area (Å²) < 4.78 is 7.16. The van der Waals surface area contributed by atoms with Crippen LogP contribution < -0.4 is 20.7 Å². The van der Waals surface area contributed by atoms with E-state index in [4.69, 9.17) is 10.5 Å². The number of rotatable bonds is 5. The molecule has 1 amide bonds. The highest BCUT2D eigenvalue weighted by Crippen LogP contribution is 2.28. The first kappa shape index (κ1) is 18.7. The summed E-state index contributed by atoms with van der Waals surface area (Å²) in [5, 5.41) is 7.40. The second-order valence-electron chi connectivity index (χ2n) is 6.82. The second kappa shape index (κ2) is 8.17. The smallest absolute Gasteiger partial charge is 0.260 e. The molecule has 0 unspecified atom stereocenters. The summed E-state index contributed by atoms with van der Waals surface area (Å²) in [4.78, 5) is 23.4. The van der Waals surface area contributed by atoms with Crippen molar-refractivity contribution < 1.29 is 9.53 Å². The van der Waals surface area contributed by atoms with Crippen LogP contribution in [0.2, 0.25) is 0 Å². The average Bonchev–Trinajstić information content (AvgIpc) is 3.22. The standard InChI is InChI=1S/C20H23N7O2/c1-29-16-5-3-2-4-15(16)19(28)25-18-7-11-23-27(18)14-8-12-26(13-9-14)20-22-10-6-17(21)24-20/h2-7,10-11,14H,8-9,12-13H2,1H3,(H,25,28)(H2,21,22,24). The highest BCUT2D eigenvalue weighted by Gasteiger charge is 2.25. The van der Waals surface area contributed by atoms with Gasteiger partial charge in [0.05, 0.1) is 24.9 Å². The van der Waals surface area contributed by atoms with E-state index in [9.17, 15) is 4.79 Å². The van der Waals surface area contributed by atoms with Crippen LogP contribution in [0.25, 0.3) is 0 Å². The lowest BCUT2D eigenvalue weighted by Crippen LogP contribution is -2.36. The van der Waals surface area contributed by atoms with E-state index in [-0.39, 0.29) is 11.9 Å². The lowest BCUT2D eigenvalue weighted by Gasteiger charge is -2.32. The molecule has 3 aromatic rings. The van der Waals surface area contributed by atoms with E-state index in [2.05, 4.69) is 25.3 Å². The van der Waals surface area contributed by atoms with Crippen LogP contribution in [0.15, 0.2) is 48.8 Å². The highest BCUT2D eigenvalue weighted by atomic mass is 16.5. The van der Waals surface area contributed by atoms with Gasteiger partial charge in [-0.2, -0.15) is 10.1 Å². The summed E-state index contributed by atoms with van der Waals surface area (Å²) in [6.07, 6.45) is 5.09. The predicted octanol–water partition coefficient (Wildman–Crippen LogP) is 2.36. The molecule has 150 valence electrons. The number of nitrogen functional groups attached to an aromatic ring is 1. The van der Waals surface area contributed by atoms with E-state index in [1.165, 1.54) is 0 Å². The number of nitrogens with two attached hydrogens (primary N) is 1. The molecule has 1 aromatic carbocycles. The van der Waals surface area contributed by atoms with Crippen LogP contribution in [0.4, 0.5) is 17.6 Å². The van der Waals surface area contributed by atoms with Crippen molar-refractivity contribution in [1.29, 1.82) is 0 Å².